The highest BCUT2D eigenvalue weighted by atomic mass is 79.9. The maximum Gasteiger partial charge on any atom is 0.00801 e. The van der Waals surface area contributed by atoms with Crippen LogP contribution >= 0.6 is 36.2 Å². The second-order valence-corrected chi connectivity index (χ2v) is 12.1. The monoisotopic (exact) mass is 490 g/mol. The summed E-state index contributed by atoms with van der Waals surface area (Å²) in [6.45, 7) is 9.32. The smallest absolute Gasteiger partial charge is 0.00801 e. The molecular formula is C25H48BrPS. The first-order valence-corrected chi connectivity index (χ1v) is 14.8. The summed E-state index contributed by atoms with van der Waals surface area (Å²) < 4.78 is 0. The van der Waals surface area contributed by atoms with Crippen molar-refractivity contribution >= 4 is 36.2 Å². The number of aryl methyl sites for hydroxylation is 3. The van der Waals surface area contributed by atoms with Crippen LogP contribution in [0.25, 0.3) is 0 Å². The number of rotatable bonds is 18. The lowest BCUT2D eigenvalue weighted by atomic mass is 10.1. The Kier molecular flexibility index (Phi) is 20.0. The third-order valence-electron chi connectivity index (χ3n) is 5.56. The molecule has 0 fully saturated rings. The summed E-state index contributed by atoms with van der Waals surface area (Å²) in [6.07, 6.45) is 24.0. The molecule has 0 atom stereocenters. The van der Waals surface area contributed by atoms with Crippen molar-refractivity contribution in [3.05, 3.63) is 21.4 Å². The van der Waals surface area contributed by atoms with E-state index in [1.807, 2.05) is 0 Å². The molecule has 1 aromatic heterocycles. The fourth-order valence-corrected chi connectivity index (χ4v) is 7.86. The van der Waals surface area contributed by atoms with E-state index in [-0.39, 0.29) is 17.0 Å². The highest BCUT2D eigenvalue weighted by molar-refractivity contribution is 8.93. The van der Waals surface area contributed by atoms with Gasteiger partial charge in [0.2, 0.25) is 0 Å². The quantitative estimate of drug-likeness (QED) is 0.142. The van der Waals surface area contributed by atoms with Crippen molar-refractivity contribution in [2.45, 2.75) is 118 Å². The minimum Gasteiger partial charge on any atom is -0.145 e. The summed E-state index contributed by atoms with van der Waals surface area (Å²) >= 11 is 2.14. The van der Waals surface area contributed by atoms with Crippen molar-refractivity contribution in [2.75, 3.05) is 18.5 Å². The minimum atomic E-state index is 0. The molecule has 166 valence electrons. The summed E-state index contributed by atoms with van der Waals surface area (Å²) in [4.78, 5) is 3.38. The Balaban J connectivity index is 0.00000729. The standard InChI is InChI=1S/C25H47PS.BrH/c1-5-9-16-23-22-24(27-25(23)18-10-6-2)17-14-13-15-21-26(19-11-7-3)20-12-8-4;/h22H,5-21H2,1-4H3;1H. The normalized spacial score (nSPS) is 11.2. The van der Waals surface area contributed by atoms with Crippen molar-refractivity contribution in [3.8, 4) is 0 Å². The van der Waals surface area contributed by atoms with Crippen LogP contribution in [0.3, 0.4) is 0 Å². The molecular weight excluding hydrogens is 443 g/mol. The van der Waals surface area contributed by atoms with E-state index in [1.54, 1.807) is 33.8 Å². The molecule has 0 aliphatic rings. The van der Waals surface area contributed by atoms with E-state index >= 15 is 0 Å². The van der Waals surface area contributed by atoms with Crippen LogP contribution in [-0.2, 0) is 19.3 Å². The zero-order valence-electron chi connectivity index (χ0n) is 19.4. The summed E-state index contributed by atoms with van der Waals surface area (Å²) in [5.41, 5.74) is 1.69. The summed E-state index contributed by atoms with van der Waals surface area (Å²) in [7, 11) is 0.344. The lowest BCUT2D eigenvalue weighted by Gasteiger charge is -2.17. The van der Waals surface area contributed by atoms with Gasteiger partial charge in [0, 0.05) is 9.75 Å². The highest BCUT2D eigenvalue weighted by Crippen LogP contribution is 2.39. The summed E-state index contributed by atoms with van der Waals surface area (Å²) in [5, 5.41) is 0. The minimum absolute atomic E-state index is 0. The van der Waals surface area contributed by atoms with Crippen LogP contribution in [0.1, 0.15) is 114 Å². The number of thiophene rings is 1. The Labute approximate surface area is 193 Å². The molecule has 0 aliphatic carbocycles. The molecule has 3 heteroatoms. The first kappa shape index (κ1) is 28.6. The molecule has 0 spiro atoms. The Morgan fingerprint density at radius 1 is 0.643 bits per heavy atom. The van der Waals surface area contributed by atoms with E-state index in [2.05, 4.69) is 45.1 Å². The van der Waals surface area contributed by atoms with E-state index in [4.69, 9.17) is 0 Å². The first-order valence-electron chi connectivity index (χ1n) is 12.1. The van der Waals surface area contributed by atoms with Gasteiger partial charge in [-0.25, -0.2) is 0 Å². The van der Waals surface area contributed by atoms with Crippen LogP contribution in [0, 0.1) is 0 Å². The Morgan fingerprint density at radius 2 is 1.21 bits per heavy atom. The third-order valence-corrected chi connectivity index (χ3v) is 9.70. The van der Waals surface area contributed by atoms with Crippen molar-refractivity contribution in [1.29, 1.82) is 0 Å². The van der Waals surface area contributed by atoms with Crippen molar-refractivity contribution in [1.82, 2.24) is 0 Å². The van der Waals surface area contributed by atoms with Gasteiger partial charge >= 0.3 is 0 Å². The van der Waals surface area contributed by atoms with E-state index in [0.29, 0.717) is 7.92 Å². The molecule has 0 nitrogen and oxygen atoms in total. The second-order valence-electron chi connectivity index (χ2n) is 8.23. The predicted octanol–water partition coefficient (Wildman–Crippen LogP) is 9.81. The number of unbranched alkanes of at least 4 members (excludes halogenated alkanes) is 6. The summed E-state index contributed by atoms with van der Waals surface area (Å²) in [6, 6.07) is 2.57. The maximum atomic E-state index is 2.57. The van der Waals surface area contributed by atoms with Crippen LogP contribution in [-0.4, -0.2) is 18.5 Å². The molecule has 28 heavy (non-hydrogen) atoms. The maximum absolute atomic E-state index is 2.57. The Morgan fingerprint density at radius 3 is 1.82 bits per heavy atom. The van der Waals surface area contributed by atoms with Crippen molar-refractivity contribution in [2.24, 2.45) is 0 Å². The molecule has 0 saturated carbocycles. The Bertz CT molecular complexity index is 424. The van der Waals surface area contributed by atoms with Gasteiger partial charge in [0.25, 0.3) is 0 Å². The van der Waals surface area contributed by atoms with E-state index in [9.17, 15) is 0 Å². The van der Waals surface area contributed by atoms with Crippen LogP contribution in [0.2, 0.25) is 0 Å². The van der Waals surface area contributed by atoms with Gasteiger partial charge in [-0.15, -0.1) is 36.2 Å². The number of halogens is 1. The van der Waals surface area contributed by atoms with Crippen LogP contribution in [0.5, 0.6) is 0 Å². The van der Waals surface area contributed by atoms with Crippen LogP contribution in [0.4, 0.5) is 0 Å². The van der Waals surface area contributed by atoms with E-state index in [0.717, 1.165) is 0 Å². The van der Waals surface area contributed by atoms with Gasteiger partial charge in [-0.2, -0.15) is 0 Å². The third kappa shape index (κ3) is 13.0. The highest BCUT2D eigenvalue weighted by Gasteiger charge is 2.10. The molecule has 0 saturated heterocycles. The van der Waals surface area contributed by atoms with Crippen LogP contribution < -0.4 is 0 Å². The van der Waals surface area contributed by atoms with E-state index in [1.165, 1.54) is 89.9 Å². The zero-order valence-corrected chi connectivity index (χ0v) is 22.8. The molecule has 0 unspecified atom stereocenters. The largest absolute Gasteiger partial charge is 0.145 e. The predicted molar refractivity (Wildman–Crippen MR) is 141 cm³/mol. The van der Waals surface area contributed by atoms with Gasteiger partial charge in [0.05, 0.1) is 0 Å². The van der Waals surface area contributed by atoms with Gasteiger partial charge in [-0.1, -0.05) is 59.8 Å². The number of hydrogen-bond donors (Lipinski definition) is 0. The molecule has 0 aliphatic heterocycles. The molecule has 1 rings (SSSR count). The second kappa shape index (κ2) is 19.6. The molecule has 0 aromatic carbocycles. The van der Waals surface area contributed by atoms with Crippen molar-refractivity contribution < 1.29 is 0 Å². The molecule has 0 radical (unpaired) electrons. The topological polar surface area (TPSA) is 0 Å². The van der Waals surface area contributed by atoms with Crippen LogP contribution in [0.15, 0.2) is 6.07 Å². The average molecular weight is 492 g/mol. The number of hydrogen-bond acceptors (Lipinski definition) is 1. The zero-order chi connectivity index (χ0) is 19.7. The lowest BCUT2D eigenvalue weighted by molar-refractivity contribution is 0.722. The van der Waals surface area contributed by atoms with Crippen molar-refractivity contribution in [3.63, 3.8) is 0 Å². The summed E-state index contributed by atoms with van der Waals surface area (Å²) in [5.74, 6) is 0. The fourth-order valence-electron chi connectivity index (χ4n) is 3.69. The fraction of sp³-hybridized carbons (Fsp3) is 0.840. The SMILES string of the molecule is Br.CCCCc1cc(CCCCCP(CCCC)CCCC)sc1CCCC. The molecule has 1 heterocycles. The van der Waals surface area contributed by atoms with Gasteiger partial charge < -0.3 is 0 Å². The molecule has 0 amide bonds. The van der Waals surface area contributed by atoms with Gasteiger partial charge in [-0.05, 0) is 87.9 Å². The van der Waals surface area contributed by atoms with E-state index < -0.39 is 0 Å². The Hall–Kier alpha value is 0.610. The molecule has 1 aromatic rings. The van der Waals surface area contributed by atoms with Gasteiger partial charge in [0.1, 0.15) is 0 Å². The average Bonchev–Trinajstić information content (AvgIpc) is 3.07. The molecule has 0 N–H and O–H groups in total. The first-order chi connectivity index (χ1) is 13.2. The lowest BCUT2D eigenvalue weighted by Crippen LogP contribution is -1.96. The van der Waals surface area contributed by atoms with Gasteiger partial charge in [-0.3, -0.25) is 0 Å². The molecule has 0 bridgehead atoms. The van der Waals surface area contributed by atoms with Gasteiger partial charge in [0.15, 0.2) is 0 Å².